The van der Waals surface area contributed by atoms with Crippen LogP contribution in [0.2, 0.25) is 0 Å². The van der Waals surface area contributed by atoms with Crippen LogP contribution in [0.15, 0.2) is 33.9 Å². The van der Waals surface area contributed by atoms with Crippen LogP contribution < -0.4 is 21.3 Å². The maximum Gasteiger partial charge on any atom is 0.347 e. The van der Waals surface area contributed by atoms with E-state index in [1.165, 1.54) is 16.3 Å². The fourth-order valence-electron chi connectivity index (χ4n) is 3.84. The van der Waals surface area contributed by atoms with E-state index >= 15 is 0 Å². The predicted molar refractivity (Wildman–Crippen MR) is 133 cm³/mol. The minimum Gasteiger partial charge on any atom is -0.478 e. The number of aliphatic carboxylic acids is 1. The Morgan fingerprint density at radius 1 is 1.15 bits per heavy atom. The molecule has 2 aromatic rings. The first-order valence-electron chi connectivity index (χ1n) is 12.1. The number of benzene rings is 1. The zero-order valence-corrected chi connectivity index (χ0v) is 20.8. The smallest absolute Gasteiger partial charge is 0.347 e. The van der Waals surface area contributed by atoms with Gasteiger partial charge in [0, 0.05) is 20.1 Å². The number of ether oxygens (including phenoxy) is 1. The van der Waals surface area contributed by atoms with Crippen molar-refractivity contribution in [2.75, 3.05) is 11.9 Å². The summed E-state index contributed by atoms with van der Waals surface area (Å²) in [7, 11) is 1.54. The van der Waals surface area contributed by atoms with Crippen LogP contribution in [0, 0.1) is 0 Å². The summed E-state index contributed by atoms with van der Waals surface area (Å²) < 4.78 is 8.24. The highest BCUT2D eigenvalue weighted by atomic mass is 16.5. The van der Waals surface area contributed by atoms with Gasteiger partial charge in [0.2, 0.25) is 11.4 Å². The van der Waals surface area contributed by atoms with E-state index in [0.29, 0.717) is 38.1 Å². The van der Waals surface area contributed by atoms with Gasteiger partial charge in [-0.2, -0.15) is 0 Å². The lowest BCUT2D eigenvalue weighted by Gasteiger charge is -2.26. The standard InChI is InChI=1S/C25H38N4O5/c1-5-7-8-9-10-17-29-22(30)21(27-28(4)24(29)33)26-16-14-19-12-11-13-20(18-19)34-25(3,15-6-2)23(31)32/h11-13,18H,5-10,14-17H2,1-4H3,(H,26,27)(H,31,32). The van der Waals surface area contributed by atoms with Gasteiger partial charge in [-0.15, -0.1) is 5.10 Å². The minimum atomic E-state index is -1.29. The average Bonchev–Trinajstić information content (AvgIpc) is 2.79. The quantitative estimate of drug-likeness (QED) is 0.379. The van der Waals surface area contributed by atoms with Crippen LogP contribution in [0.1, 0.15) is 71.3 Å². The summed E-state index contributed by atoms with van der Waals surface area (Å²) in [6.07, 6.45) is 6.79. The number of nitrogens with one attached hydrogen (secondary N) is 1. The molecule has 2 N–H and O–H groups in total. The van der Waals surface area contributed by atoms with Crippen molar-refractivity contribution in [1.82, 2.24) is 14.3 Å². The molecular formula is C25H38N4O5. The van der Waals surface area contributed by atoms with Gasteiger partial charge in [0.25, 0.3) is 5.56 Å². The molecule has 0 aliphatic rings. The summed E-state index contributed by atoms with van der Waals surface area (Å²) >= 11 is 0. The molecule has 1 aromatic heterocycles. The first kappa shape index (κ1) is 27.1. The first-order chi connectivity index (χ1) is 16.2. The highest BCUT2D eigenvalue weighted by Crippen LogP contribution is 2.24. The van der Waals surface area contributed by atoms with Gasteiger partial charge >= 0.3 is 11.7 Å². The van der Waals surface area contributed by atoms with Crippen LogP contribution in [-0.2, 0) is 24.8 Å². The third-order valence-corrected chi connectivity index (χ3v) is 5.82. The summed E-state index contributed by atoms with van der Waals surface area (Å²) in [6, 6.07) is 7.27. The van der Waals surface area contributed by atoms with Crippen molar-refractivity contribution < 1.29 is 14.6 Å². The summed E-state index contributed by atoms with van der Waals surface area (Å²) in [5, 5.41) is 16.7. The van der Waals surface area contributed by atoms with E-state index in [1.807, 2.05) is 19.1 Å². The lowest BCUT2D eigenvalue weighted by molar-refractivity contribution is -0.154. The molecule has 0 aliphatic heterocycles. The number of hydrogen-bond acceptors (Lipinski definition) is 6. The molecule has 1 unspecified atom stereocenters. The molecule has 0 saturated heterocycles. The second-order valence-corrected chi connectivity index (χ2v) is 8.84. The molecule has 0 radical (unpaired) electrons. The number of aryl methyl sites for hydroxylation is 1. The van der Waals surface area contributed by atoms with Gasteiger partial charge < -0.3 is 15.2 Å². The Bertz CT molecular complexity index is 1060. The van der Waals surface area contributed by atoms with Crippen molar-refractivity contribution in [3.05, 3.63) is 50.7 Å². The van der Waals surface area contributed by atoms with Crippen LogP contribution in [0.3, 0.4) is 0 Å². The van der Waals surface area contributed by atoms with Crippen molar-refractivity contribution in [1.29, 1.82) is 0 Å². The molecule has 9 nitrogen and oxygen atoms in total. The SMILES string of the molecule is CCCCCCCn1c(=O)c(NCCc2cccc(OC(C)(CCC)C(=O)O)c2)nn(C)c1=O. The van der Waals surface area contributed by atoms with Crippen molar-refractivity contribution in [3.63, 3.8) is 0 Å². The predicted octanol–water partition coefficient (Wildman–Crippen LogP) is 3.59. The van der Waals surface area contributed by atoms with Crippen molar-refractivity contribution in [2.45, 2.75) is 84.3 Å². The molecule has 0 aliphatic carbocycles. The number of rotatable bonds is 15. The first-order valence-corrected chi connectivity index (χ1v) is 12.1. The second kappa shape index (κ2) is 13.0. The highest BCUT2D eigenvalue weighted by molar-refractivity contribution is 5.77. The number of carbonyl (C=O) groups is 1. The molecular weight excluding hydrogens is 436 g/mol. The molecule has 34 heavy (non-hydrogen) atoms. The fourth-order valence-corrected chi connectivity index (χ4v) is 3.84. The minimum absolute atomic E-state index is 0.143. The molecule has 0 spiro atoms. The topological polar surface area (TPSA) is 115 Å². The van der Waals surface area contributed by atoms with E-state index < -0.39 is 22.8 Å². The molecule has 0 amide bonds. The van der Waals surface area contributed by atoms with Crippen molar-refractivity contribution >= 4 is 11.8 Å². The van der Waals surface area contributed by atoms with Gasteiger partial charge in [-0.05, 0) is 43.9 Å². The van der Waals surface area contributed by atoms with Gasteiger partial charge in [0.1, 0.15) is 5.75 Å². The Labute approximate surface area is 200 Å². The van der Waals surface area contributed by atoms with Gasteiger partial charge in [0.05, 0.1) is 0 Å². The molecule has 9 heteroatoms. The number of aromatic nitrogens is 3. The molecule has 188 valence electrons. The summed E-state index contributed by atoms with van der Waals surface area (Å²) in [5.41, 5.74) is -1.18. The van der Waals surface area contributed by atoms with Gasteiger partial charge in [-0.3, -0.25) is 9.36 Å². The largest absolute Gasteiger partial charge is 0.478 e. The number of nitrogens with zero attached hydrogens (tertiary/aromatic N) is 3. The molecule has 2 rings (SSSR count). The molecule has 0 saturated carbocycles. The monoisotopic (exact) mass is 474 g/mol. The lowest BCUT2D eigenvalue weighted by atomic mass is 10.0. The van der Waals surface area contributed by atoms with E-state index in [-0.39, 0.29) is 5.82 Å². The van der Waals surface area contributed by atoms with E-state index in [1.54, 1.807) is 19.1 Å². The normalized spacial score (nSPS) is 12.8. The van der Waals surface area contributed by atoms with Gasteiger partial charge in [-0.25, -0.2) is 14.3 Å². The molecule has 1 aromatic carbocycles. The van der Waals surface area contributed by atoms with E-state index in [9.17, 15) is 19.5 Å². The van der Waals surface area contributed by atoms with Crippen LogP contribution in [-0.4, -0.2) is 37.6 Å². The second-order valence-electron chi connectivity index (χ2n) is 8.84. The molecule has 0 fully saturated rings. The molecule has 1 atom stereocenters. The van der Waals surface area contributed by atoms with Crippen LogP contribution >= 0.6 is 0 Å². The molecule has 0 bridgehead atoms. The summed E-state index contributed by atoms with van der Waals surface area (Å²) in [6.45, 7) is 6.44. The maximum atomic E-state index is 12.8. The Hall–Kier alpha value is -3.10. The number of anilines is 1. The number of carboxylic acid groups (broad SMARTS) is 1. The maximum absolute atomic E-state index is 12.8. The Kier molecular flexibility index (Phi) is 10.3. The van der Waals surface area contributed by atoms with E-state index in [0.717, 1.165) is 37.7 Å². The zero-order valence-electron chi connectivity index (χ0n) is 20.8. The van der Waals surface area contributed by atoms with E-state index in [4.69, 9.17) is 4.74 Å². The van der Waals surface area contributed by atoms with Crippen LogP contribution in [0.4, 0.5) is 5.82 Å². The number of hydrogen-bond donors (Lipinski definition) is 2. The van der Waals surface area contributed by atoms with Gasteiger partial charge in [-0.1, -0.05) is 58.1 Å². The Balaban J connectivity index is 2.04. The van der Waals surface area contributed by atoms with Crippen LogP contribution in [0.25, 0.3) is 0 Å². The number of carboxylic acids is 1. The zero-order chi connectivity index (χ0) is 25.1. The number of unbranched alkanes of at least 4 members (excludes halogenated alkanes) is 4. The molecule has 1 heterocycles. The third-order valence-electron chi connectivity index (χ3n) is 5.82. The Morgan fingerprint density at radius 2 is 1.88 bits per heavy atom. The lowest BCUT2D eigenvalue weighted by Crippen LogP contribution is -2.42. The average molecular weight is 475 g/mol. The highest BCUT2D eigenvalue weighted by Gasteiger charge is 2.34. The Morgan fingerprint density at radius 3 is 2.56 bits per heavy atom. The summed E-state index contributed by atoms with van der Waals surface area (Å²) in [5.74, 6) is -0.366. The van der Waals surface area contributed by atoms with Crippen molar-refractivity contribution in [2.24, 2.45) is 7.05 Å². The van der Waals surface area contributed by atoms with E-state index in [2.05, 4.69) is 17.3 Å². The fraction of sp³-hybridized carbons (Fsp3) is 0.600. The van der Waals surface area contributed by atoms with Crippen LogP contribution in [0.5, 0.6) is 5.75 Å². The summed E-state index contributed by atoms with van der Waals surface area (Å²) in [4.78, 5) is 36.8. The third kappa shape index (κ3) is 7.46. The van der Waals surface area contributed by atoms with Crippen molar-refractivity contribution in [3.8, 4) is 5.75 Å². The van der Waals surface area contributed by atoms with Gasteiger partial charge in [0.15, 0.2) is 0 Å².